The second kappa shape index (κ2) is 6.38. The molecule has 1 heterocycles. The van der Waals surface area contributed by atoms with E-state index in [9.17, 15) is 22.4 Å². The van der Waals surface area contributed by atoms with E-state index in [0.29, 0.717) is 17.5 Å². The minimum atomic E-state index is -4.76. The molecule has 3 rings (SSSR count). The number of alkyl halides is 4. The molecule has 140 valence electrons. The number of halogens is 7. The first kappa shape index (κ1) is 19.4. The number of carbonyl (C=O) groups is 1. The van der Waals surface area contributed by atoms with Crippen molar-refractivity contribution in [2.24, 2.45) is 7.05 Å². The zero-order chi connectivity index (χ0) is 19.4. The standard InChI is InChI=1S/C15H10BrCl2F4N3O/c1-25-12(15(20,21)22)10(18)11(24-25)6-4-9(7(17)5-8(6)19)23-13(26)14(16)2-3-14/h4-5H,2-3H2,1H3,(H,23,26). The predicted octanol–water partition coefficient (Wildman–Crippen LogP) is 5.42. The van der Waals surface area contributed by atoms with Gasteiger partial charge in [-0.3, -0.25) is 9.48 Å². The molecule has 0 unspecified atom stereocenters. The van der Waals surface area contributed by atoms with Gasteiger partial charge in [0.25, 0.3) is 0 Å². The number of aromatic nitrogens is 2. The molecule has 1 aromatic heterocycles. The molecule has 0 aliphatic heterocycles. The largest absolute Gasteiger partial charge is 0.434 e. The molecule has 1 aliphatic rings. The van der Waals surface area contributed by atoms with E-state index in [0.717, 1.165) is 19.2 Å². The van der Waals surface area contributed by atoms with Crippen LogP contribution in [0.4, 0.5) is 23.2 Å². The number of aryl methyl sites for hydroxylation is 1. The van der Waals surface area contributed by atoms with Crippen LogP contribution in [0.1, 0.15) is 18.5 Å². The quantitative estimate of drug-likeness (QED) is 0.477. The lowest BCUT2D eigenvalue weighted by Gasteiger charge is -2.12. The number of anilines is 1. The van der Waals surface area contributed by atoms with Gasteiger partial charge in [0.05, 0.1) is 15.7 Å². The van der Waals surface area contributed by atoms with Crippen LogP contribution in [0.25, 0.3) is 11.3 Å². The summed E-state index contributed by atoms with van der Waals surface area (Å²) in [6.45, 7) is 0. The SMILES string of the molecule is Cn1nc(-c2cc(NC(=O)C3(Br)CC3)c(Cl)cc2F)c(Cl)c1C(F)(F)F. The highest BCUT2D eigenvalue weighted by Gasteiger charge is 2.47. The number of nitrogens with one attached hydrogen (secondary N) is 1. The Morgan fingerprint density at radius 1 is 1.35 bits per heavy atom. The van der Waals surface area contributed by atoms with Gasteiger partial charge in [-0.15, -0.1) is 0 Å². The summed E-state index contributed by atoms with van der Waals surface area (Å²) < 4.78 is 53.4. The van der Waals surface area contributed by atoms with E-state index in [2.05, 4.69) is 26.3 Å². The summed E-state index contributed by atoms with van der Waals surface area (Å²) in [6, 6.07) is 2.00. The van der Waals surface area contributed by atoms with Crippen molar-refractivity contribution in [1.29, 1.82) is 0 Å². The van der Waals surface area contributed by atoms with Crippen LogP contribution in [-0.4, -0.2) is 20.0 Å². The first-order valence-electron chi connectivity index (χ1n) is 7.23. The lowest BCUT2D eigenvalue weighted by Crippen LogP contribution is -2.24. The first-order valence-corrected chi connectivity index (χ1v) is 8.78. The maximum Gasteiger partial charge on any atom is 0.434 e. The molecule has 1 aromatic carbocycles. The summed E-state index contributed by atoms with van der Waals surface area (Å²) >= 11 is 15.0. The zero-order valence-electron chi connectivity index (χ0n) is 13.0. The molecule has 0 radical (unpaired) electrons. The Bertz CT molecular complexity index is 909. The van der Waals surface area contributed by atoms with Gasteiger partial charge in [-0.25, -0.2) is 4.39 Å². The van der Waals surface area contributed by atoms with Crippen LogP contribution in [0.15, 0.2) is 12.1 Å². The lowest BCUT2D eigenvalue weighted by atomic mass is 10.1. The van der Waals surface area contributed by atoms with Crippen LogP contribution in [0.2, 0.25) is 10.0 Å². The van der Waals surface area contributed by atoms with E-state index in [1.807, 2.05) is 0 Å². The molecule has 11 heteroatoms. The summed E-state index contributed by atoms with van der Waals surface area (Å²) in [6.07, 6.45) is -3.50. The maximum atomic E-state index is 14.3. The molecule has 0 spiro atoms. The van der Waals surface area contributed by atoms with Crippen LogP contribution in [-0.2, 0) is 18.0 Å². The highest BCUT2D eigenvalue weighted by atomic mass is 79.9. The van der Waals surface area contributed by atoms with Crippen molar-refractivity contribution in [3.8, 4) is 11.3 Å². The number of carbonyl (C=O) groups excluding carboxylic acids is 1. The Hall–Kier alpha value is -1.32. The van der Waals surface area contributed by atoms with Crippen molar-refractivity contribution in [2.45, 2.75) is 23.3 Å². The highest BCUT2D eigenvalue weighted by Crippen LogP contribution is 2.46. The van der Waals surface area contributed by atoms with E-state index in [4.69, 9.17) is 23.2 Å². The topological polar surface area (TPSA) is 46.9 Å². The summed E-state index contributed by atoms with van der Waals surface area (Å²) in [7, 11) is 1.05. The van der Waals surface area contributed by atoms with Crippen molar-refractivity contribution in [1.82, 2.24) is 9.78 Å². The normalized spacial score (nSPS) is 15.8. The number of hydrogen-bond acceptors (Lipinski definition) is 2. The van der Waals surface area contributed by atoms with Gasteiger partial charge in [0.1, 0.15) is 15.8 Å². The van der Waals surface area contributed by atoms with Gasteiger partial charge in [-0.2, -0.15) is 18.3 Å². The van der Waals surface area contributed by atoms with E-state index in [1.165, 1.54) is 0 Å². The summed E-state index contributed by atoms with van der Waals surface area (Å²) in [5.41, 5.74) is -1.85. The summed E-state index contributed by atoms with van der Waals surface area (Å²) in [5.74, 6) is -1.29. The number of benzene rings is 1. The van der Waals surface area contributed by atoms with Crippen LogP contribution < -0.4 is 5.32 Å². The van der Waals surface area contributed by atoms with Crippen LogP contribution in [0.5, 0.6) is 0 Å². The van der Waals surface area contributed by atoms with Crippen molar-refractivity contribution >= 4 is 50.7 Å². The number of rotatable bonds is 3. The third-order valence-corrected chi connectivity index (χ3v) is 5.74. The maximum absolute atomic E-state index is 14.3. The smallest absolute Gasteiger partial charge is 0.324 e. The molecular weight excluding hydrogens is 465 g/mol. The van der Waals surface area contributed by atoms with Crippen LogP contribution >= 0.6 is 39.1 Å². The molecule has 1 N–H and O–H groups in total. The molecule has 1 amide bonds. The average Bonchev–Trinajstić information content (AvgIpc) is 3.18. The van der Waals surface area contributed by atoms with E-state index >= 15 is 0 Å². The Kier molecular flexibility index (Phi) is 4.77. The Balaban J connectivity index is 2.06. The predicted molar refractivity (Wildman–Crippen MR) is 93.1 cm³/mol. The van der Waals surface area contributed by atoms with E-state index < -0.39 is 32.7 Å². The van der Waals surface area contributed by atoms with E-state index in [-0.39, 0.29) is 22.2 Å². The molecule has 0 atom stereocenters. The van der Waals surface area contributed by atoms with Crippen molar-refractivity contribution < 1.29 is 22.4 Å². The van der Waals surface area contributed by atoms with Gasteiger partial charge >= 0.3 is 6.18 Å². The molecule has 26 heavy (non-hydrogen) atoms. The lowest BCUT2D eigenvalue weighted by molar-refractivity contribution is -0.143. The molecule has 2 aromatic rings. The van der Waals surface area contributed by atoms with Crippen molar-refractivity contribution in [3.05, 3.63) is 33.7 Å². The highest BCUT2D eigenvalue weighted by molar-refractivity contribution is 9.10. The fourth-order valence-electron chi connectivity index (χ4n) is 2.38. The summed E-state index contributed by atoms with van der Waals surface area (Å²) in [5, 5.41) is 5.38. The Morgan fingerprint density at radius 3 is 2.46 bits per heavy atom. The molecule has 0 saturated heterocycles. The Labute approximate surface area is 163 Å². The van der Waals surface area contributed by atoms with Crippen molar-refractivity contribution in [3.63, 3.8) is 0 Å². The third kappa shape index (κ3) is 3.44. The van der Waals surface area contributed by atoms with E-state index in [1.54, 1.807) is 0 Å². The van der Waals surface area contributed by atoms with Gasteiger partial charge in [0.15, 0.2) is 5.69 Å². The number of nitrogens with zero attached hydrogens (tertiary/aromatic N) is 2. The summed E-state index contributed by atoms with van der Waals surface area (Å²) in [4.78, 5) is 12.1. The Morgan fingerprint density at radius 2 is 1.96 bits per heavy atom. The van der Waals surface area contributed by atoms with Crippen LogP contribution in [0.3, 0.4) is 0 Å². The molecule has 0 bridgehead atoms. The minimum absolute atomic E-state index is 0.0501. The second-order valence-electron chi connectivity index (χ2n) is 5.86. The fourth-order valence-corrected chi connectivity index (χ4v) is 3.24. The second-order valence-corrected chi connectivity index (χ2v) is 8.17. The number of amides is 1. The minimum Gasteiger partial charge on any atom is -0.324 e. The third-order valence-electron chi connectivity index (χ3n) is 3.91. The zero-order valence-corrected chi connectivity index (χ0v) is 16.1. The average molecular weight is 475 g/mol. The van der Waals surface area contributed by atoms with Gasteiger partial charge in [0, 0.05) is 12.6 Å². The molecule has 1 aliphatic carbocycles. The molecule has 1 saturated carbocycles. The van der Waals surface area contributed by atoms with Gasteiger partial charge < -0.3 is 5.32 Å². The van der Waals surface area contributed by atoms with Crippen molar-refractivity contribution in [2.75, 3.05) is 5.32 Å². The monoisotopic (exact) mass is 473 g/mol. The van der Waals surface area contributed by atoms with Crippen LogP contribution in [0, 0.1) is 5.82 Å². The van der Waals surface area contributed by atoms with Gasteiger partial charge in [0.2, 0.25) is 5.91 Å². The fraction of sp³-hybridized carbons (Fsp3) is 0.333. The molecule has 4 nitrogen and oxygen atoms in total. The molecule has 1 fully saturated rings. The molecular formula is C15H10BrCl2F4N3O. The van der Waals surface area contributed by atoms with Gasteiger partial charge in [-0.1, -0.05) is 39.1 Å². The number of hydrogen-bond donors (Lipinski definition) is 1. The van der Waals surface area contributed by atoms with Gasteiger partial charge in [-0.05, 0) is 25.0 Å². The first-order chi connectivity index (χ1) is 11.9.